The summed E-state index contributed by atoms with van der Waals surface area (Å²) in [5.41, 5.74) is 2.29. The molecule has 0 saturated carbocycles. The van der Waals surface area contributed by atoms with Crippen LogP contribution in [0.1, 0.15) is 54.3 Å². The number of amides is 1. The van der Waals surface area contributed by atoms with E-state index in [9.17, 15) is 9.90 Å². The van der Waals surface area contributed by atoms with Gasteiger partial charge in [0.2, 0.25) is 0 Å². The number of carbonyl (C=O) groups is 1. The third-order valence-electron chi connectivity index (χ3n) is 3.58. The number of rotatable bonds is 4. The van der Waals surface area contributed by atoms with Crippen LogP contribution < -0.4 is 5.32 Å². The van der Waals surface area contributed by atoms with E-state index in [1.165, 1.54) is 12.0 Å². The number of nitrogens with one attached hydrogen (secondary N) is 1. The van der Waals surface area contributed by atoms with Gasteiger partial charge in [-0.2, -0.15) is 0 Å². The maximum atomic E-state index is 11.9. The summed E-state index contributed by atoms with van der Waals surface area (Å²) in [5.74, 6) is 0.109. The molecule has 2 N–H and O–H groups in total. The zero-order valence-electron chi connectivity index (χ0n) is 13.4. The molecule has 0 fully saturated rings. The Labute approximate surface area is 130 Å². The fourth-order valence-electron chi connectivity index (χ4n) is 2.12. The molecule has 0 bridgehead atoms. The minimum atomic E-state index is -0.759. The molecule has 1 unspecified atom stereocenters. The molecule has 0 radical (unpaired) electrons. The second-order valence-electron chi connectivity index (χ2n) is 6.35. The lowest BCUT2D eigenvalue weighted by Gasteiger charge is -2.20. The average molecular weight is 302 g/mol. The Hall–Kier alpha value is -2.14. The molecular weight excluding hydrogens is 280 g/mol. The largest absolute Gasteiger partial charge is 0.448 e. The topological polar surface area (TPSA) is 75.4 Å². The van der Waals surface area contributed by atoms with Gasteiger partial charge in [0.05, 0.1) is 6.10 Å². The van der Waals surface area contributed by atoms with Crippen molar-refractivity contribution < 1.29 is 14.3 Å². The normalized spacial score (nSPS) is 13.0. The number of aromatic nitrogens is 1. The fraction of sp³-hybridized carbons (Fsp3) is 0.412. The van der Waals surface area contributed by atoms with Crippen molar-refractivity contribution in [3.63, 3.8) is 0 Å². The lowest BCUT2D eigenvalue weighted by molar-refractivity contribution is 0.0910. The van der Waals surface area contributed by atoms with Crippen LogP contribution in [0.3, 0.4) is 0 Å². The van der Waals surface area contributed by atoms with Crippen LogP contribution in [-0.2, 0) is 5.41 Å². The monoisotopic (exact) mass is 302 g/mol. The molecule has 22 heavy (non-hydrogen) atoms. The van der Waals surface area contributed by atoms with Crippen LogP contribution >= 0.6 is 0 Å². The lowest BCUT2D eigenvalue weighted by Crippen LogP contribution is -2.29. The number of aliphatic hydroxyl groups excluding tert-OH is 1. The van der Waals surface area contributed by atoms with Gasteiger partial charge in [-0.15, -0.1) is 0 Å². The molecule has 1 atom stereocenters. The van der Waals surface area contributed by atoms with Gasteiger partial charge in [-0.3, -0.25) is 4.79 Å². The molecule has 1 aromatic heterocycles. The number of oxazole rings is 1. The van der Waals surface area contributed by atoms with E-state index in [2.05, 4.69) is 31.1 Å². The molecule has 0 saturated heterocycles. The molecule has 5 nitrogen and oxygen atoms in total. The molecule has 0 aliphatic heterocycles. The van der Waals surface area contributed by atoms with Gasteiger partial charge in [-0.05, 0) is 23.5 Å². The zero-order chi connectivity index (χ0) is 16.3. The predicted octanol–water partition coefficient (Wildman–Crippen LogP) is 2.74. The van der Waals surface area contributed by atoms with Crippen LogP contribution in [0.2, 0.25) is 0 Å². The van der Waals surface area contributed by atoms with E-state index in [-0.39, 0.29) is 23.6 Å². The minimum absolute atomic E-state index is 0.0716. The van der Waals surface area contributed by atoms with Crippen molar-refractivity contribution in [2.24, 2.45) is 0 Å². The number of hydrogen-bond acceptors (Lipinski definition) is 4. The Morgan fingerprint density at radius 1 is 1.32 bits per heavy atom. The maximum absolute atomic E-state index is 11.9. The lowest BCUT2D eigenvalue weighted by atomic mass is 9.86. The summed E-state index contributed by atoms with van der Waals surface area (Å²) >= 11 is 0. The molecule has 0 aliphatic carbocycles. The number of aryl methyl sites for hydroxylation is 1. The summed E-state index contributed by atoms with van der Waals surface area (Å²) < 4.78 is 4.99. The van der Waals surface area contributed by atoms with Gasteiger partial charge in [0.15, 0.2) is 12.1 Å². The van der Waals surface area contributed by atoms with E-state index in [0.717, 1.165) is 5.56 Å². The Morgan fingerprint density at radius 2 is 1.95 bits per heavy atom. The van der Waals surface area contributed by atoms with Gasteiger partial charge in [0.1, 0.15) is 5.76 Å². The van der Waals surface area contributed by atoms with Gasteiger partial charge in [-0.1, -0.05) is 45.0 Å². The van der Waals surface area contributed by atoms with Crippen molar-refractivity contribution in [3.8, 4) is 0 Å². The first-order valence-electron chi connectivity index (χ1n) is 7.26. The minimum Gasteiger partial charge on any atom is -0.448 e. The van der Waals surface area contributed by atoms with E-state index in [4.69, 9.17) is 4.42 Å². The Bertz CT molecular complexity index is 639. The molecule has 2 aromatic rings. The second kappa shape index (κ2) is 6.32. The predicted molar refractivity (Wildman–Crippen MR) is 83.7 cm³/mol. The number of hydrogen-bond donors (Lipinski definition) is 2. The second-order valence-corrected chi connectivity index (χ2v) is 6.35. The SMILES string of the molecule is Cc1ocnc1C(=O)NCC(O)c1ccc(C(C)(C)C)cc1. The van der Waals surface area contributed by atoms with E-state index in [1.807, 2.05) is 24.3 Å². The molecule has 1 aromatic carbocycles. The van der Waals surface area contributed by atoms with Gasteiger partial charge < -0.3 is 14.8 Å². The standard InChI is InChI=1S/C17H22N2O3/c1-11-15(19-10-22-11)16(21)18-9-14(20)12-5-7-13(8-6-12)17(2,3)4/h5-8,10,14,20H,9H2,1-4H3,(H,18,21). The number of aliphatic hydroxyl groups is 1. The molecule has 5 heteroatoms. The van der Waals surface area contributed by atoms with Crippen LogP contribution in [0.15, 0.2) is 35.1 Å². The highest BCUT2D eigenvalue weighted by atomic mass is 16.3. The average Bonchev–Trinajstić information content (AvgIpc) is 2.90. The molecule has 0 spiro atoms. The van der Waals surface area contributed by atoms with Crippen molar-refractivity contribution >= 4 is 5.91 Å². The van der Waals surface area contributed by atoms with Crippen molar-refractivity contribution in [3.05, 3.63) is 53.2 Å². The van der Waals surface area contributed by atoms with Gasteiger partial charge in [0.25, 0.3) is 5.91 Å². The Kier molecular flexibility index (Phi) is 4.66. The molecular formula is C17H22N2O3. The molecule has 118 valence electrons. The third kappa shape index (κ3) is 3.74. The van der Waals surface area contributed by atoms with Gasteiger partial charge in [-0.25, -0.2) is 4.98 Å². The van der Waals surface area contributed by atoms with Crippen molar-refractivity contribution in [2.45, 2.75) is 39.2 Å². The summed E-state index contributed by atoms with van der Waals surface area (Å²) in [6.45, 7) is 8.21. The Balaban J connectivity index is 1.96. The molecule has 2 rings (SSSR count). The van der Waals surface area contributed by atoms with Gasteiger partial charge >= 0.3 is 0 Å². The molecule has 1 heterocycles. The van der Waals surface area contributed by atoms with E-state index < -0.39 is 6.10 Å². The highest BCUT2D eigenvalue weighted by molar-refractivity contribution is 5.93. The Morgan fingerprint density at radius 3 is 2.45 bits per heavy atom. The summed E-state index contributed by atoms with van der Waals surface area (Å²) in [4.78, 5) is 15.7. The fourth-order valence-corrected chi connectivity index (χ4v) is 2.12. The first-order chi connectivity index (χ1) is 10.3. The highest BCUT2D eigenvalue weighted by Gasteiger charge is 2.17. The maximum Gasteiger partial charge on any atom is 0.273 e. The summed E-state index contributed by atoms with van der Waals surface area (Å²) in [5, 5.41) is 12.8. The molecule has 1 amide bonds. The number of benzene rings is 1. The first-order valence-corrected chi connectivity index (χ1v) is 7.26. The first kappa shape index (κ1) is 16.2. The van der Waals surface area contributed by atoms with Crippen LogP contribution in [0.4, 0.5) is 0 Å². The van der Waals surface area contributed by atoms with E-state index >= 15 is 0 Å². The number of carbonyl (C=O) groups excluding carboxylic acids is 1. The summed E-state index contributed by atoms with van der Waals surface area (Å²) in [6, 6.07) is 7.78. The summed E-state index contributed by atoms with van der Waals surface area (Å²) in [7, 11) is 0. The van der Waals surface area contributed by atoms with Crippen molar-refractivity contribution in [2.75, 3.05) is 6.54 Å². The third-order valence-corrected chi connectivity index (χ3v) is 3.58. The smallest absolute Gasteiger partial charge is 0.273 e. The number of nitrogens with zero attached hydrogens (tertiary/aromatic N) is 1. The molecule has 0 aliphatic rings. The van der Waals surface area contributed by atoms with Crippen molar-refractivity contribution in [1.29, 1.82) is 0 Å². The quantitative estimate of drug-likeness (QED) is 0.910. The van der Waals surface area contributed by atoms with E-state index in [0.29, 0.717) is 5.76 Å². The van der Waals surface area contributed by atoms with Crippen LogP contribution in [0.25, 0.3) is 0 Å². The van der Waals surface area contributed by atoms with Crippen LogP contribution in [0, 0.1) is 6.92 Å². The highest BCUT2D eigenvalue weighted by Crippen LogP contribution is 2.23. The zero-order valence-corrected chi connectivity index (χ0v) is 13.4. The van der Waals surface area contributed by atoms with Crippen molar-refractivity contribution in [1.82, 2.24) is 10.3 Å². The van der Waals surface area contributed by atoms with E-state index in [1.54, 1.807) is 6.92 Å². The van der Waals surface area contributed by atoms with Crippen LogP contribution in [-0.4, -0.2) is 22.5 Å². The summed E-state index contributed by atoms with van der Waals surface area (Å²) in [6.07, 6.45) is 0.469. The van der Waals surface area contributed by atoms with Gasteiger partial charge in [0, 0.05) is 6.54 Å². The van der Waals surface area contributed by atoms with Crippen LogP contribution in [0.5, 0.6) is 0 Å².